The maximum absolute atomic E-state index is 4.09. The Labute approximate surface area is 265 Å². The fourth-order valence-electron chi connectivity index (χ4n) is 6.54. The molecule has 0 aromatic heterocycles. The van der Waals surface area contributed by atoms with Gasteiger partial charge in [-0.2, -0.15) is 11.1 Å². The molecule has 3 aromatic carbocycles. The largest absolute Gasteiger partial charge is 4.00 e. The van der Waals surface area contributed by atoms with Crippen LogP contribution in [0.15, 0.2) is 71.3 Å². The van der Waals surface area contributed by atoms with Crippen molar-refractivity contribution < 1.29 is 58.9 Å². The number of hydrogen-bond donors (Lipinski definition) is 0. The van der Waals surface area contributed by atoms with Gasteiger partial charge in [0.1, 0.15) is 8.07 Å². The molecule has 1 aliphatic rings. The summed E-state index contributed by atoms with van der Waals surface area (Å²) in [5.41, 5.74) is 12.3. The summed E-state index contributed by atoms with van der Waals surface area (Å²) in [4.78, 5) is 0. The third-order valence-corrected chi connectivity index (χ3v) is 14.2. The second kappa shape index (κ2) is 13.5. The molecule has 0 spiro atoms. The van der Waals surface area contributed by atoms with Crippen molar-refractivity contribution in [1.82, 2.24) is 0 Å². The van der Waals surface area contributed by atoms with Crippen LogP contribution in [0.1, 0.15) is 61.1 Å². The fraction of sp³-hybridized carbons (Fsp3) is 0.333. The maximum Gasteiger partial charge on any atom is 4.00 e. The Morgan fingerprint density at radius 3 is 1.34 bits per heavy atom. The SMILES string of the molecule is CC1=[C-]C(C)([Si](c2cc(C)cc(C)c2)(c2ccc(C)cc2C)c2ccc(C)cc2C)C(C)=C1C.[Cl-].[Cl-].[Cl-].[Ti+4]. The van der Waals surface area contributed by atoms with Crippen molar-refractivity contribution in [3.63, 3.8) is 0 Å². The van der Waals surface area contributed by atoms with Crippen molar-refractivity contribution in [3.8, 4) is 0 Å². The number of rotatable bonds is 4. The van der Waals surface area contributed by atoms with E-state index in [1.807, 2.05) is 0 Å². The molecular weight excluding hydrogens is 579 g/mol. The number of allylic oxidation sites excluding steroid dienone is 4. The molecule has 0 heterocycles. The summed E-state index contributed by atoms with van der Waals surface area (Å²) in [6.07, 6.45) is 4.09. The number of benzene rings is 3. The van der Waals surface area contributed by atoms with Crippen molar-refractivity contribution in [2.75, 3.05) is 0 Å². The molecule has 4 rings (SSSR count). The van der Waals surface area contributed by atoms with Crippen LogP contribution in [0.5, 0.6) is 0 Å². The van der Waals surface area contributed by atoms with E-state index in [0.29, 0.717) is 0 Å². The third-order valence-electron chi connectivity index (χ3n) is 8.29. The minimum atomic E-state index is -2.65. The average molecular weight is 618 g/mol. The molecule has 200 valence electrons. The van der Waals surface area contributed by atoms with E-state index in [-0.39, 0.29) is 64.0 Å². The molecule has 1 unspecified atom stereocenters. The first-order chi connectivity index (χ1) is 15.9. The van der Waals surface area contributed by atoms with E-state index in [1.165, 1.54) is 65.7 Å². The van der Waals surface area contributed by atoms with Gasteiger partial charge in [0, 0.05) is 0 Å². The van der Waals surface area contributed by atoms with Gasteiger partial charge in [-0.15, -0.1) is 6.92 Å². The van der Waals surface area contributed by atoms with Crippen molar-refractivity contribution in [1.29, 1.82) is 0 Å². The summed E-state index contributed by atoms with van der Waals surface area (Å²) < 4.78 is 0. The Bertz CT molecular complexity index is 1300. The molecule has 0 radical (unpaired) electrons. The zero-order chi connectivity index (χ0) is 25.0. The van der Waals surface area contributed by atoms with E-state index in [2.05, 4.69) is 130 Å². The smallest absolute Gasteiger partial charge is 1.00 e. The molecule has 1 atom stereocenters. The first kappa shape index (κ1) is 36.9. The Hall–Kier alpha value is -1.06. The molecular formula is C33H39Cl3SiTi. The molecule has 0 saturated heterocycles. The van der Waals surface area contributed by atoms with Gasteiger partial charge in [-0.05, 0) is 57.1 Å². The van der Waals surface area contributed by atoms with Crippen LogP contribution in [0.25, 0.3) is 0 Å². The van der Waals surface area contributed by atoms with Gasteiger partial charge in [0.2, 0.25) is 0 Å². The minimum Gasteiger partial charge on any atom is -1.00 e. The zero-order valence-electron chi connectivity index (χ0n) is 24.3. The van der Waals surface area contributed by atoms with Gasteiger partial charge in [-0.25, -0.2) is 5.57 Å². The monoisotopic (exact) mass is 616 g/mol. The molecule has 0 N–H and O–H groups in total. The quantitative estimate of drug-likeness (QED) is 0.179. The molecule has 0 bridgehead atoms. The predicted molar refractivity (Wildman–Crippen MR) is 152 cm³/mol. The molecule has 0 nitrogen and oxygen atoms in total. The summed E-state index contributed by atoms with van der Waals surface area (Å²) in [7, 11) is -2.65. The Balaban J connectivity index is 0.00000342. The van der Waals surface area contributed by atoms with E-state index in [1.54, 1.807) is 0 Å². The Kier molecular flexibility index (Phi) is 13.2. The van der Waals surface area contributed by atoms with Crippen LogP contribution in [0.2, 0.25) is 5.04 Å². The molecule has 0 amide bonds. The second-order valence-electron chi connectivity index (χ2n) is 10.9. The summed E-state index contributed by atoms with van der Waals surface area (Å²) in [6.45, 7) is 22.9. The van der Waals surface area contributed by atoms with Gasteiger partial charge < -0.3 is 37.2 Å². The van der Waals surface area contributed by atoms with Crippen molar-refractivity contribution >= 4 is 23.6 Å². The first-order valence-corrected chi connectivity index (χ1v) is 14.5. The van der Waals surface area contributed by atoms with E-state index < -0.39 is 8.07 Å². The van der Waals surface area contributed by atoms with Crippen LogP contribution in [0.4, 0.5) is 0 Å². The van der Waals surface area contributed by atoms with Crippen molar-refractivity contribution in [2.24, 2.45) is 0 Å². The fourth-order valence-corrected chi connectivity index (χ4v) is 13.1. The summed E-state index contributed by atoms with van der Waals surface area (Å²) >= 11 is 0. The molecule has 0 saturated carbocycles. The maximum atomic E-state index is 4.09. The third kappa shape index (κ3) is 5.85. The van der Waals surface area contributed by atoms with Gasteiger partial charge in [0.15, 0.2) is 0 Å². The Morgan fingerprint density at radius 1 is 0.579 bits per heavy atom. The molecule has 38 heavy (non-hydrogen) atoms. The van der Waals surface area contributed by atoms with Gasteiger partial charge in [-0.3, -0.25) is 6.08 Å². The summed E-state index contributed by atoms with van der Waals surface area (Å²) in [5.74, 6) is 0. The summed E-state index contributed by atoms with van der Waals surface area (Å²) in [5, 5.41) is 4.31. The minimum absolute atomic E-state index is 0. The van der Waals surface area contributed by atoms with Gasteiger partial charge >= 0.3 is 21.7 Å². The molecule has 1 aliphatic carbocycles. The normalized spacial score (nSPS) is 16.5. The van der Waals surface area contributed by atoms with Crippen LogP contribution in [-0.4, -0.2) is 8.07 Å². The van der Waals surface area contributed by atoms with Crippen molar-refractivity contribution in [2.45, 2.75) is 74.3 Å². The zero-order valence-corrected chi connectivity index (χ0v) is 29.2. The second-order valence-corrected chi connectivity index (χ2v) is 15.0. The molecule has 0 fully saturated rings. The number of aryl methyl sites for hydroxylation is 6. The predicted octanol–water partition coefficient (Wildman–Crippen LogP) is -2.12. The van der Waals surface area contributed by atoms with E-state index in [4.69, 9.17) is 0 Å². The van der Waals surface area contributed by atoms with E-state index >= 15 is 0 Å². The topological polar surface area (TPSA) is 0 Å². The molecule has 0 aliphatic heterocycles. The average Bonchev–Trinajstić information content (AvgIpc) is 2.94. The van der Waals surface area contributed by atoms with Crippen molar-refractivity contribution in [3.05, 3.63) is 111 Å². The van der Waals surface area contributed by atoms with E-state index in [0.717, 1.165) is 0 Å². The molecule has 3 aromatic rings. The molecule has 5 heteroatoms. The van der Waals surface area contributed by atoms with Gasteiger partial charge in [0.25, 0.3) is 0 Å². The van der Waals surface area contributed by atoms with Crippen LogP contribution in [0.3, 0.4) is 0 Å². The summed E-state index contributed by atoms with van der Waals surface area (Å²) in [6, 6.07) is 21.5. The van der Waals surface area contributed by atoms with E-state index in [9.17, 15) is 0 Å². The standard InChI is InChI=1S/C33H39Si.3ClH.Ti/c1-21-11-13-31(25(5)16-21)34(30-18-23(3)15-24(4)19-30,32-14-12-22(2)17-26(32)6)33(10)20-27(7)28(8)29(33)9;;;;/h11-19H,1-10H3;3*1H;/q-1;;;;+4/p-3. The first-order valence-electron chi connectivity index (χ1n) is 12.5. The van der Waals surface area contributed by atoms with Crippen LogP contribution in [0, 0.1) is 47.6 Å². The van der Waals surface area contributed by atoms with Gasteiger partial charge in [-0.1, -0.05) is 114 Å². The number of hydrogen-bond acceptors (Lipinski definition) is 0. The van der Waals surface area contributed by atoms with Gasteiger partial charge in [0.05, 0.1) is 0 Å². The number of halogens is 3. The van der Waals surface area contributed by atoms with Crippen LogP contribution < -0.4 is 52.8 Å². The van der Waals surface area contributed by atoms with Crippen LogP contribution in [-0.2, 0) is 21.7 Å². The Morgan fingerprint density at radius 2 is 1.00 bits per heavy atom. The van der Waals surface area contributed by atoms with Crippen LogP contribution >= 0.6 is 0 Å².